The van der Waals surface area contributed by atoms with Crippen molar-refractivity contribution in [1.29, 1.82) is 0 Å². The Balaban J connectivity index is 2.41. The van der Waals surface area contributed by atoms with Crippen LogP contribution in [0.1, 0.15) is 43.2 Å². The molecule has 0 heterocycles. The predicted octanol–water partition coefficient (Wildman–Crippen LogP) is 4.34. The minimum atomic E-state index is -3.53. The second kappa shape index (κ2) is 6.86. The highest BCUT2D eigenvalue weighted by Crippen LogP contribution is 2.31. The van der Waals surface area contributed by atoms with E-state index < -0.39 is 10.0 Å². The van der Waals surface area contributed by atoms with E-state index in [0.717, 1.165) is 31.2 Å². The van der Waals surface area contributed by atoms with Crippen molar-refractivity contribution in [1.82, 2.24) is 4.31 Å². The average Bonchev–Trinajstić information content (AvgIpc) is 2.49. The number of nitrogens with zero attached hydrogens (tertiary/aromatic N) is 1. The van der Waals surface area contributed by atoms with E-state index in [2.05, 4.69) is 0 Å². The molecule has 0 amide bonds. The Labute approximate surface area is 137 Å². The van der Waals surface area contributed by atoms with E-state index in [9.17, 15) is 8.42 Å². The molecule has 1 aliphatic rings. The van der Waals surface area contributed by atoms with Crippen LogP contribution < -0.4 is 0 Å². The lowest BCUT2D eigenvalue weighted by Crippen LogP contribution is -2.38. The number of benzene rings is 1. The van der Waals surface area contributed by atoms with Gasteiger partial charge in [0.1, 0.15) is 0 Å². The summed E-state index contributed by atoms with van der Waals surface area (Å²) in [5, 5.41) is 0.409. The average molecular weight is 350 g/mol. The van der Waals surface area contributed by atoms with E-state index in [1.807, 2.05) is 0 Å². The number of sulfonamides is 1. The molecule has 0 radical (unpaired) electrons. The van der Waals surface area contributed by atoms with Crippen molar-refractivity contribution < 1.29 is 8.42 Å². The maximum Gasteiger partial charge on any atom is 0.243 e. The molecule has 1 aliphatic carbocycles. The van der Waals surface area contributed by atoms with Gasteiger partial charge in [0.05, 0.1) is 4.90 Å². The van der Waals surface area contributed by atoms with Crippen molar-refractivity contribution in [3.63, 3.8) is 0 Å². The van der Waals surface area contributed by atoms with Crippen molar-refractivity contribution in [2.24, 2.45) is 0 Å². The molecule has 6 heteroatoms. The number of alkyl halides is 1. The minimum absolute atomic E-state index is 0.0848. The first-order valence-electron chi connectivity index (χ1n) is 7.21. The van der Waals surface area contributed by atoms with Crippen LogP contribution >= 0.6 is 23.2 Å². The van der Waals surface area contributed by atoms with Crippen molar-refractivity contribution in [3.05, 3.63) is 28.3 Å². The summed E-state index contributed by atoms with van der Waals surface area (Å²) < 4.78 is 27.3. The van der Waals surface area contributed by atoms with Crippen molar-refractivity contribution in [3.8, 4) is 0 Å². The third-order valence-corrected chi connectivity index (χ3v) is 6.86. The quantitative estimate of drug-likeness (QED) is 0.758. The molecular formula is C15H21Cl2NO2S. The van der Waals surface area contributed by atoms with Gasteiger partial charge in [0, 0.05) is 24.0 Å². The smallest absolute Gasteiger partial charge is 0.207 e. The summed E-state index contributed by atoms with van der Waals surface area (Å²) in [4.78, 5) is 0.277. The van der Waals surface area contributed by atoms with Crippen LogP contribution in [0.4, 0.5) is 0 Å². The normalized spacial score (nSPS) is 17.4. The molecule has 1 aromatic rings. The maximum absolute atomic E-state index is 12.9. The SMILES string of the molecule is Cc1c(CCl)cc(Cl)cc1S(=O)(=O)N(C)C1CCCCC1. The molecule has 1 fully saturated rings. The van der Waals surface area contributed by atoms with E-state index in [0.29, 0.717) is 10.6 Å². The summed E-state index contributed by atoms with van der Waals surface area (Å²) in [5.74, 6) is 0.252. The van der Waals surface area contributed by atoms with E-state index in [1.165, 1.54) is 16.8 Å². The van der Waals surface area contributed by atoms with Gasteiger partial charge in [-0.2, -0.15) is 4.31 Å². The van der Waals surface area contributed by atoms with E-state index in [-0.39, 0.29) is 16.8 Å². The monoisotopic (exact) mass is 349 g/mol. The maximum atomic E-state index is 12.9. The highest BCUT2D eigenvalue weighted by molar-refractivity contribution is 7.89. The number of halogens is 2. The fourth-order valence-electron chi connectivity index (χ4n) is 2.91. The Hall–Kier alpha value is -0.290. The Morgan fingerprint density at radius 2 is 1.86 bits per heavy atom. The zero-order valence-corrected chi connectivity index (χ0v) is 14.7. The van der Waals surface area contributed by atoms with E-state index >= 15 is 0 Å². The van der Waals surface area contributed by atoms with Crippen molar-refractivity contribution in [2.45, 2.75) is 55.8 Å². The van der Waals surface area contributed by atoms with E-state index in [4.69, 9.17) is 23.2 Å². The van der Waals surface area contributed by atoms with Crippen LogP contribution in [0.2, 0.25) is 5.02 Å². The summed E-state index contributed by atoms with van der Waals surface area (Å²) in [7, 11) is -1.86. The highest BCUT2D eigenvalue weighted by Gasteiger charge is 2.30. The standard InChI is InChI=1S/C15H21Cl2NO2S/c1-11-12(10-16)8-13(17)9-15(11)21(19,20)18(2)14-6-4-3-5-7-14/h8-9,14H,3-7,10H2,1-2H3. The molecule has 2 rings (SSSR count). The van der Waals surface area contributed by atoms with Gasteiger partial charge < -0.3 is 0 Å². The molecule has 3 nitrogen and oxygen atoms in total. The first-order chi connectivity index (χ1) is 9.87. The molecule has 0 bridgehead atoms. The third kappa shape index (κ3) is 3.55. The summed E-state index contributed by atoms with van der Waals surface area (Å²) in [6.07, 6.45) is 5.23. The van der Waals surface area contributed by atoms with Gasteiger partial charge in [-0.05, 0) is 43.0 Å². The number of hydrogen-bond acceptors (Lipinski definition) is 2. The Morgan fingerprint density at radius 1 is 1.24 bits per heavy atom. The predicted molar refractivity (Wildman–Crippen MR) is 87.6 cm³/mol. The zero-order valence-electron chi connectivity index (χ0n) is 12.4. The van der Waals surface area contributed by atoms with Gasteiger partial charge >= 0.3 is 0 Å². The molecule has 1 aromatic carbocycles. The number of rotatable bonds is 4. The first-order valence-corrected chi connectivity index (χ1v) is 9.56. The highest BCUT2D eigenvalue weighted by atomic mass is 35.5. The lowest BCUT2D eigenvalue weighted by molar-refractivity contribution is 0.285. The summed E-state index contributed by atoms with van der Waals surface area (Å²) in [5.41, 5.74) is 1.46. The van der Waals surface area contributed by atoms with Crippen LogP contribution in [0.5, 0.6) is 0 Å². The number of hydrogen-bond donors (Lipinski definition) is 0. The molecule has 0 aromatic heterocycles. The Kier molecular flexibility index (Phi) is 5.58. The zero-order chi connectivity index (χ0) is 15.6. The van der Waals surface area contributed by atoms with Gasteiger partial charge in [0.2, 0.25) is 10.0 Å². The van der Waals surface area contributed by atoms with Gasteiger partial charge in [-0.1, -0.05) is 30.9 Å². The second-order valence-corrected chi connectivity index (χ2v) is 8.30. The topological polar surface area (TPSA) is 37.4 Å². The van der Waals surface area contributed by atoms with Crippen molar-refractivity contribution >= 4 is 33.2 Å². The van der Waals surface area contributed by atoms with Gasteiger partial charge in [-0.25, -0.2) is 8.42 Å². The molecule has 1 saturated carbocycles. The summed E-state index contributed by atoms with van der Waals surface area (Å²) in [6.45, 7) is 1.79. The molecular weight excluding hydrogens is 329 g/mol. The van der Waals surface area contributed by atoms with Crippen molar-refractivity contribution in [2.75, 3.05) is 7.05 Å². The second-order valence-electron chi connectivity index (χ2n) is 5.63. The molecule has 0 aliphatic heterocycles. The minimum Gasteiger partial charge on any atom is -0.207 e. The van der Waals surface area contributed by atoms with Gasteiger partial charge in [-0.3, -0.25) is 0 Å². The van der Waals surface area contributed by atoms with Gasteiger partial charge in [0.15, 0.2) is 0 Å². The molecule has 21 heavy (non-hydrogen) atoms. The first kappa shape index (κ1) is 17.1. The molecule has 118 valence electrons. The van der Waals surface area contributed by atoms with Crippen LogP contribution in [0.25, 0.3) is 0 Å². The van der Waals surface area contributed by atoms with E-state index in [1.54, 1.807) is 20.0 Å². The third-order valence-electron chi connectivity index (χ3n) is 4.32. The lowest BCUT2D eigenvalue weighted by Gasteiger charge is -2.31. The van der Waals surface area contributed by atoms with Crippen LogP contribution in [-0.4, -0.2) is 25.8 Å². The Bertz CT molecular complexity index is 610. The van der Waals surface area contributed by atoms with Crippen LogP contribution in [0.15, 0.2) is 17.0 Å². The molecule has 0 saturated heterocycles. The summed E-state index contributed by atoms with van der Waals surface area (Å²) >= 11 is 11.9. The van der Waals surface area contributed by atoms with Crippen LogP contribution in [0, 0.1) is 6.92 Å². The fraction of sp³-hybridized carbons (Fsp3) is 0.600. The molecule has 0 N–H and O–H groups in total. The lowest BCUT2D eigenvalue weighted by atomic mass is 9.96. The van der Waals surface area contributed by atoms with Gasteiger partial charge in [-0.15, -0.1) is 11.6 Å². The molecule has 0 unspecified atom stereocenters. The summed E-state index contributed by atoms with van der Waals surface area (Å²) in [6, 6.07) is 3.34. The largest absolute Gasteiger partial charge is 0.243 e. The molecule has 0 atom stereocenters. The van der Waals surface area contributed by atoms with Crippen LogP contribution in [0.3, 0.4) is 0 Å². The van der Waals surface area contributed by atoms with Crippen LogP contribution in [-0.2, 0) is 15.9 Å². The van der Waals surface area contributed by atoms with Gasteiger partial charge in [0.25, 0.3) is 0 Å². The fourth-order valence-corrected chi connectivity index (χ4v) is 5.20. The molecule has 0 spiro atoms. The Morgan fingerprint density at radius 3 is 2.43 bits per heavy atom.